The summed E-state index contributed by atoms with van der Waals surface area (Å²) in [6.45, 7) is 6.23. The maximum Gasteiger partial charge on any atom is 0.243 e. The number of carbonyl (C=O) groups excluding carboxylic acids is 2. The molecule has 5 heteroatoms. The van der Waals surface area contributed by atoms with E-state index in [9.17, 15) is 9.59 Å². The Bertz CT molecular complexity index is 289. The average Bonchev–Trinajstić information content (AvgIpc) is 2.20. The van der Waals surface area contributed by atoms with Crippen LogP contribution in [0.1, 0.15) is 27.2 Å². The highest BCUT2D eigenvalue weighted by molar-refractivity contribution is 5.95. The molecule has 1 fully saturated rings. The molecule has 0 aromatic rings. The van der Waals surface area contributed by atoms with Gasteiger partial charge in [-0.1, -0.05) is 6.92 Å². The van der Waals surface area contributed by atoms with E-state index in [1.54, 1.807) is 12.0 Å². The van der Waals surface area contributed by atoms with Gasteiger partial charge in [-0.15, -0.1) is 0 Å². The maximum atomic E-state index is 11.9. The number of ether oxygens (including phenoxy) is 1. The third kappa shape index (κ3) is 2.35. The third-order valence-electron chi connectivity index (χ3n) is 2.83. The van der Waals surface area contributed by atoms with Crippen molar-refractivity contribution in [3.8, 4) is 0 Å². The van der Waals surface area contributed by atoms with Gasteiger partial charge < -0.3 is 15.0 Å². The van der Waals surface area contributed by atoms with Crippen molar-refractivity contribution in [3.63, 3.8) is 0 Å². The van der Waals surface area contributed by atoms with Crippen molar-refractivity contribution < 1.29 is 14.3 Å². The number of hydrogen-bond donors (Lipinski definition) is 1. The molecule has 1 saturated heterocycles. The zero-order valence-corrected chi connectivity index (χ0v) is 10.4. The SMILES string of the molecule is CCC1C(=O)NCC(=O)N1C(C)(C)COC. The van der Waals surface area contributed by atoms with Crippen LogP contribution in [0.4, 0.5) is 0 Å². The molecule has 0 aromatic heterocycles. The Hall–Kier alpha value is -1.10. The van der Waals surface area contributed by atoms with Crippen molar-refractivity contribution in [3.05, 3.63) is 0 Å². The van der Waals surface area contributed by atoms with E-state index >= 15 is 0 Å². The number of piperazine rings is 1. The minimum Gasteiger partial charge on any atom is -0.382 e. The molecule has 1 rings (SSSR count). The molecule has 1 heterocycles. The van der Waals surface area contributed by atoms with Crippen LogP contribution in [0.15, 0.2) is 0 Å². The van der Waals surface area contributed by atoms with E-state index in [2.05, 4.69) is 5.32 Å². The first-order valence-electron chi connectivity index (χ1n) is 5.53. The van der Waals surface area contributed by atoms with Crippen LogP contribution >= 0.6 is 0 Å². The largest absolute Gasteiger partial charge is 0.382 e. The van der Waals surface area contributed by atoms with Crippen molar-refractivity contribution in [2.45, 2.75) is 38.8 Å². The minimum atomic E-state index is -0.454. The van der Waals surface area contributed by atoms with E-state index < -0.39 is 5.54 Å². The molecule has 0 radical (unpaired) electrons. The minimum absolute atomic E-state index is 0.0477. The van der Waals surface area contributed by atoms with Gasteiger partial charge >= 0.3 is 0 Å². The Morgan fingerprint density at radius 3 is 2.62 bits per heavy atom. The Morgan fingerprint density at radius 2 is 2.12 bits per heavy atom. The monoisotopic (exact) mass is 228 g/mol. The fourth-order valence-electron chi connectivity index (χ4n) is 2.21. The van der Waals surface area contributed by atoms with Gasteiger partial charge in [-0.25, -0.2) is 0 Å². The van der Waals surface area contributed by atoms with Crippen LogP contribution < -0.4 is 5.32 Å². The van der Waals surface area contributed by atoms with Crippen LogP contribution in [0, 0.1) is 0 Å². The van der Waals surface area contributed by atoms with Crippen molar-refractivity contribution in [2.24, 2.45) is 0 Å². The summed E-state index contributed by atoms with van der Waals surface area (Å²) in [5.41, 5.74) is -0.454. The first-order valence-corrected chi connectivity index (χ1v) is 5.53. The second-order valence-corrected chi connectivity index (χ2v) is 4.65. The first kappa shape index (κ1) is 13.0. The Balaban J connectivity index is 2.95. The molecule has 1 unspecified atom stereocenters. The standard InChI is InChI=1S/C11H20N2O3/c1-5-8-10(15)12-6-9(14)13(8)11(2,3)7-16-4/h8H,5-7H2,1-4H3,(H,12,15). The lowest BCUT2D eigenvalue weighted by Gasteiger charge is -2.45. The topological polar surface area (TPSA) is 58.6 Å². The second kappa shape index (κ2) is 4.82. The number of nitrogens with zero attached hydrogens (tertiary/aromatic N) is 1. The molecule has 0 aromatic carbocycles. The third-order valence-corrected chi connectivity index (χ3v) is 2.83. The number of nitrogens with one attached hydrogen (secondary N) is 1. The first-order chi connectivity index (χ1) is 7.44. The summed E-state index contributed by atoms with van der Waals surface area (Å²) < 4.78 is 5.11. The molecule has 2 amide bonds. The molecule has 0 bridgehead atoms. The molecule has 0 saturated carbocycles. The molecule has 1 aliphatic rings. The van der Waals surface area contributed by atoms with Crippen LogP contribution in [0.25, 0.3) is 0 Å². The van der Waals surface area contributed by atoms with E-state index in [4.69, 9.17) is 4.74 Å². The molecule has 5 nitrogen and oxygen atoms in total. The van der Waals surface area contributed by atoms with Crippen LogP contribution in [-0.2, 0) is 14.3 Å². The van der Waals surface area contributed by atoms with E-state index in [0.717, 1.165) is 0 Å². The summed E-state index contributed by atoms with van der Waals surface area (Å²) in [6.07, 6.45) is 0.616. The predicted molar refractivity (Wildman–Crippen MR) is 59.9 cm³/mol. The second-order valence-electron chi connectivity index (χ2n) is 4.65. The zero-order chi connectivity index (χ0) is 12.3. The number of amides is 2. The van der Waals surface area contributed by atoms with Crippen LogP contribution in [0.5, 0.6) is 0 Å². The van der Waals surface area contributed by atoms with Gasteiger partial charge in [-0.3, -0.25) is 9.59 Å². The number of carbonyl (C=O) groups is 2. The average molecular weight is 228 g/mol. The number of rotatable bonds is 4. The molecule has 1 atom stereocenters. The Labute approximate surface area is 96.1 Å². The van der Waals surface area contributed by atoms with Crippen LogP contribution in [0.2, 0.25) is 0 Å². The van der Waals surface area contributed by atoms with Gasteiger partial charge in [-0.2, -0.15) is 0 Å². The summed E-state index contributed by atoms with van der Waals surface area (Å²) in [6, 6.07) is -0.383. The summed E-state index contributed by atoms with van der Waals surface area (Å²) in [5, 5.41) is 2.61. The molecule has 0 spiro atoms. The van der Waals surface area contributed by atoms with Crippen molar-refractivity contribution in [1.29, 1.82) is 0 Å². The fourth-order valence-corrected chi connectivity index (χ4v) is 2.21. The normalized spacial score (nSPS) is 22.2. The van der Waals surface area contributed by atoms with Crippen molar-refractivity contribution in [2.75, 3.05) is 20.3 Å². The van der Waals surface area contributed by atoms with E-state index in [1.807, 2.05) is 20.8 Å². The highest BCUT2D eigenvalue weighted by Crippen LogP contribution is 2.22. The van der Waals surface area contributed by atoms with Crippen LogP contribution in [0.3, 0.4) is 0 Å². The molecular weight excluding hydrogens is 208 g/mol. The number of hydrogen-bond acceptors (Lipinski definition) is 3. The smallest absolute Gasteiger partial charge is 0.243 e. The van der Waals surface area contributed by atoms with Crippen LogP contribution in [-0.4, -0.2) is 48.6 Å². The lowest BCUT2D eigenvalue weighted by atomic mass is 9.97. The van der Waals surface area contributed by atoms with E-state index in [-0.39, 0.29) is 24.4 Å². The maximum absolute atomic E-state index is 11.9. The van der Waals surface area contributed by atoms with Gasteiger partial charge in [0.15, 0.2) is 0 Å². The highest BCUT2D eigenvalue weighted by atomic mass is 16.5. The summed E-state index contributed by atoms with van der Waals surface area (Å²) in [5.74, 6) is -0.125. The lowest BCUT2D eigenvalue weighted by molar-refractivity contribution is -0.154. The van der Waals surface area contributed by atoms with Gasteiger partial charge in [0.05, 0.1) is 18.7 Å². The van der Waals surface area contributed by atoms with Gasteiger partial charge in [0.1, 0.15) is 6.04 Å². The summed E-state index contributed by atoms with van der Waals surface area (Å²) >= 11 is 0. The summed E-state index contributed by atoms with van der Waals surface area (Å²) in [4.78, 5) is 25.2. The van der Waals surface area contributed by atoms with Crippen molar-refractivity contribution >= 4 is 11.8 Å². The number of methoxy groups -OCH3 is 1. The van der Waals surface area contributed by atoms with Gasteiger partial charge in [0, 0.05) is 7.11 Å². The quantitative estimate of drug-likeness (QED) is 0.745. The zero-order valence-electron chi connectivity index (χ0n) is 10.4. The molecule has 1 N–H and O–H groups in total. The Kier molecular flexibility index (Phi) is 3.91. The van der Waals surface area contributed by atoms with Gasteiger partial charge in [-0.05, 0) is 20.3 Å². The highest BCUT2D eigenvalue weighted by Gasteiger charge is 2.41. The van der Waals surface area contributed by atoms with E-state index in [1.165, 1.54) is 0 Å². The molecule has 0 aliphatic carbocycles. The lowest BCUT2D eigenvalue weighted by Crippen LogP contribution is -2.65. The summed E-state index contributed by atoms with van der Waals surface area (Å²) in [7, 11) is 1.59. The predicted octanol–water partition coefficient (Wildman–Crippen LogP) is 0.148. The molecule has 92 valence electrons. The Morgan fingerprint density at radius 1 is 1.50 bits per heavy atom. The van der Waals surface area contributed by atoms with E-state index in [0.29, 0.717) is 13.0 Å². The van der Waals surface area contributed by atoms with Gasteiger partial charge in [0.2, 0.25) is 11.8 Å². The van der Waals surface area contributed by atoms with Gasteiger partial charge in [0.25, 0.3) is 0 Å². The molecule has 1 aliphatic heterocycles. The molecule has 16 heavy (non-hydrogen) atoms. The van der Waals surface area contributed by atoms with Crippen molar-refractivity contribution in [1.82, 2.24) is 10.2 Å². The fraction of sp³-hybridized carbons (Fsp3) is 0.818. The molecular formula is C11H20N2O3.